The summed E-state index contributed by atoms with van der Waals surface area (Å²) in [5.41, 5.74) is 1.33. The maximum Gasteiger partial charge on any atom is 0.513 e. The number of benzene rings is 2. The normalized spacial score (nSPS) is 15.5. The van der Waals surface area contributed by atoms with Gasteiger partial charge in [0.25, 0.3) is 5.91 Å². The Morgan fingerprint density at radius 3 is 2.37 bits per heavy atom. The molecule has 0 spiro atoms. The molecule has 0 aromatic heterocycles. The van der Waals surface area contributed by atoms with Crippen LogP contribution in [0.5, 0.6) is 5.75 Å². The first kappa shape index (κ1) is 25.7. The zero-order valence-corrected chi connectivity index (χ0v) is 20.4. The first-order valence-electron chi connectivity index (χ1n) is 11.5. The summed E-state index contributed by atoms with van der Waals surface area (Å²) >= 11 is 0. The van der Waals surface area contributed by atoms with Gasteiger partial charge in [-0.05, 0) is 63.6 Å². The molecule has 1 atom stereocenters. The lowest BCUT2D eigenvalue weighted by molar-refractivity contribution is -0.132. The van der Waals surface area contributed by atoms with Crippen molar-refractivity contribution in [2.24, 2.45) is 5.92 Å². The molecular weight excluding hydrogens is 450 g/mol. The van der Waals surface area contributed by atoms with E-state index in [0.29, 0.717) is 17.8 Å². The van der Waals surface area contributed by atoms with E-state index in [9.17, 15) is 19.2 Å². The Labute approximate surface area is 204 Å². The number of nitrogens with one attached hydrogen (secondary N) is 2. The molecule has 1 aliphatic heterocycles. The highest BCUT2D eigenvalue weighted by Crippen LogP contribution is 2.26. The number of ether oxygens (including phenoxy) is 2. The molecule has 0 radical (unpaired) electrons. The van der Waals surface area contributed by atoms with Gasteiger partial charge in [-0.25, -0.2) is 4.79 Å². The van der Waals surface area contributed by atoms with Crippen LogP contribution in [0.3, 0.4) is 0 Å². The molecule has 9 nitrogen and oxygen atoms in total. The lowest BCUT2D eigenvalue weighted by Gasteiger charge is -2.31. The van der Waals surface area contributed by atoms with Crippen LogP contribution in [-0.2, 0) is 20.9 Å². The van der Waals surface area contributed by atoms with Gasteiger partial charge in [0.05, 0.1) is 12.5 Å². The third kappa shape index (κ3) is 6.81. The summed E-state index contributed by atoms with van der Waals surface area (Å²) in [7, 11) is 0. The van der Waals surface area contributed by atoms with Crippen molar-refractivity contribution in [2.45, 2.75) is 46.2 Å². The first-order valence-corrected chi connectivity index (χ1v) is 11.5. The summed E-state index contributed by atoms with van der Waals surface area (Å²) < 4.78 is 9.72. The Kier molecular flexibility index (Phi) is 8.11. The largest absolute Gasteiger partial charge is 0.513 e. The van der Waals surface area contributed by atoms with E-state index < -0.39 is 12.1 Å². The van der Waals surface area contributed by atoms with Crippen molar-refractivity contribution in [1.29, 1.82) is 0 Å². The van der Waals surface area contributed by atoms with E-state index in [-0.39, 0.29) is 48.6 Å². The molecule has 9 heteroatoms. The predicted octanol–water partition coefficient (Wildman–Crippen LogP) is 3.74. The van der Waals surface area contributed by atoms with E-state index >= 15 is 0 Å². The highest BCUT2D eigenvalue weighted by atomic mass is 16.7. The van der Waals surface area contributed by atoms with Crippen molar-refractivity contribution in [2.75, 3.05) is 18.5 Å². The zero-order chi connectivity index (χ0) is 25.6. The van der Waals surface area contributed by atoms with Gasteiger partial charge in [0.2, 0.25) is 11.8 Å². The fourth-order valence-corrected chi connectivity index (χ4v) is 3.77. The fraction of sp³-hybridized carbons (Fsp3) is 0.385. The summed E-state index contributed by atoms with van der Waals surface area (Å²) in [6.45, 7) is 8.33. The number of carbonyl (C=O) groups excluding carboxylic acids is 4. The molecule has 1 unspecified atom stereocenters. The number of carbonyl (C=O) groups is 4. The van der Waals surface area contributed by atoms with Crippen molar-refractivity contribution < 1.29 is 28.7 Å². The van der Waals surface area contributed by atoms with Crippen LogP contribution in [0.4, 0.5) is 10.5 Å². The topological polar surface area (TPSA) is 114 Å². The lowest BCUT2D eigenvalue weighted by Crippen LogP contribution is -2.43. The Morgan fingerprint density at radius 1 is 1.06 bits per heavy atom. The third-order valence-electron chi connectivity index (χ3n) is 5.60. The minimum absolute atomic E-state index is 0.0241. The summed E-state index contributed by atoms with van der Waals surface area (Å²) in [5.74, 6) is -0.710. The standard InChI is InChI=1S/C26H31N3O6/c1-5-34-25(33)35-20-12-10-17(11-13-20)24(32)28-21-9-7-6-8-18(21)15-27-23(31)19-14-22(30)29(16-19)26(2,3)4/h6-13,19H,5,14-16H2,1-4H3,(H,27,31)(H,28,32). The van der Waals surface area contributed by atoms with Gasteiger partial charge in [-0.3, -0.25) is 14.4 Å². The summed E-state index contributed by atoms with van der Waals surface area (Å²) in [5, 5.41) is 5.74. The van der Waals surface area contributed by atoms with Crippen molar-refractivity contribution in [3.63, 3.8) is 0 Å². The molecule has 3 rings (SSSR count). The second-order valence-electron chi connectivity index (χ2n) is 9.21. The number of anilines is 1. The van der Waals surface area contributed by atoms with E-state index in [4.69, 9.17) is 9.47 Å². The molecular formula is C26H31N3O6. The second kappa shape index (κ2) is 11.0. The third-order valence-corrected chi connectivity index (χ3v) is 5.60. The minimum Gasteiger partial charge on any atom is -0.434 e. The molecule has 186 valence electrons. The number of hydrogen-bond acceptors (Lipinski definition) is 6. The van der Waals surface area contributed by atoms with E-state index in [0.717, 1.165) is 5.56 Å². The minimum atomic E-state index is -0.811. The van der Waals surface area contributed by atoms with Crippen LogP contribution in [-0.4, -0.2) is 47.5 Å². The molecule has 0 saturated carbocycles. The van der Waals surface area contributed by atoms with Crippen LogP contribution >= 0.6 is 0 Å². The number of likely N-dealkylation sites (tertiary alicyclic amines) is 1. The number of amides is 3. The molecule has 1 aliphatic rings. The van der Waals surface area contributed by atoms with Crippen LogP contribution in [0.25, 0.3) is 0 Å². The van der Waals surface area contributed by atoms with Crippen LogP contribution in [0, 0.1) is 5.92 Å². The summed E-state index contributed by atoms with van der Waals surface area (Å²) in [6, 6.07) is 13.2. The van der Waals surface area contributed by atoms with Gasteiger partial charge in [0, 0.05) is 36.3 Å². The van der Waals surface area contributed by atoms with Crippen LogP contribution in [0.15, 0.2) is 48.5 Å². The molecule has 3 amide bonds. The Bertz CT molecular complexity index is 1090. The maximum atomic E-state index is 12.7. The SMILES string of the molecule is CCOC(=O)Oc1ccc(C(=O)Nc2ccccc2CNC(=O)C2CC(=O)N(C(C)(C)C)C2)cc1. The quantitative estimate of drug-likeness (QED) is 0.460. The number of hydrogen-bond donors (Lipinski definition) is 2. The Hall–Kier alpha value is -3.88. The Morgan fingerprint density at radius 2 is 1.74 bits per heavy atom. The fourth-order valence-electron chi connectivity index (χ4n) is 3.77. The van der Waals surface area contributed by atoms with E-state index in [1.807, 2.05) is 32.9 Å². The smallest absolute Gasteiger partial charge is 0.434 e. The van der Waals surface area contributed by atoms with Crippen LogP contribution in [0.1, 0.15) is 50.0 Å². The summed E-state index contributed by atoms with van der Waals surface area (Å²) in [4.78, 5) is 50.9. The van der Waals surface area contributed by atoms with Gasteiger partial charge in [0.1, 0.15) is 5.75 Å². The molecule has 2 N–H and O–H groups in total. The van der Waals surface area contributed by atoms with Crippen LogP contribution < -0.4 is 15.4 Å². The highest BCUT2D eigenvalue weighted by Gasteiger charge is 2.39. The predicted molar refractivity (Wildman–Crippen MR) is 130 cm³/mol. The van der Waals surface area contributed by atoms with Crippen molar-refractivity contribution >= 4 is 29.6 Å². The van der Waals surface area contributed by atoms with Gasteiger partial charge in [0.15, 0.2) is 0 Å². The van der Waals surface area contributed by atoms with E-state index in [2.05, 4.69) is 10.6 Å². The second-order valence-corrected chi connectivity index (χ2v) is 9.21. The average Bonchev–Trinajstić information content (AvgIpc) is 3.21. The molecule has 1 fully saturated rings. The van der Waals surface area contributed by atoms with Gasteiger partial charge >= 0.3 is 6.16 Å². The van der Waals surface area contributed by atoms with Gasteiger partial charge in [-0.2, -0.15) is 0 Å². The van der Waals surface area contributed by atoms with Gasteiger partial charge in [-0.15, -0.1) is 0 Å². The van der Waals surface area contributed by atoms with Crippen molar-refractivity contribution in [3.05, 3.63) is 59.7 Å². The zero-order valence-electron chi connectivity index (χ0n) is 20.4. The highest BCUT2D eigenvalue weighted by molar-refractivity contribution is 6.04. The number of rotatable bonds is 7. The van der Waals surface area contributed by atoms with Gasteiger partial charge in [-0.1, -0.05) is 18.2 Å². The van der Waals surface area contributed by atoms with Gasteiger partial charge < -0.3 is 25.0 Å². The average molecular weight is 482 g/mol. The monoisotopic (exact) mass is 481 g/mol. The van der Waals surface area contributed by atoms with E-state index in [1.54, 1.807) is 24.0 Å². The molecule has 0 aliphatic carbocycles. The lowest BCUT2D eigenvalue weighted by atomic mass is 10.1. The molecule has 2 aromatic carbocycles. The molecule has 1 heterocycles. The first-order chi connectivity index (χ1) is 16.6. The molecule has 0 bridgehead atoms. The molecule has 35 heavy (non-hydrogen) atoms. The molecule has 1 saturated heterocycles. The Balaban J connectivity index is 1.59. The van der Waals surface area contributed by atoms with Crippen LogP contribution in [0.2, 0.25) is 0 Å². The van der Waals surface area contributed by atoms with E-state index in [1.165, 1.54) is 24.3 Å². The summed E-state index contributed by atoms with van der Waals surface area (Å²) in [6.07, 6.45) is -0.620. The maximum absolute atomic E-state index is 12.7. The number of para-hydroxylation sites is 1. The van der Waals surface area contributed by atoms with Crippen molar-refractivity contribution in [3.8, 4) is 5.75 Å². The molecule has 2 aromatic rings. The van der Waals surface area contributed by atoms with Crippen molar-refractivity contribution in [1.82, 2.24) is 10.2 Å². The number of nitrogens with zero attached hydrogens (tertiary/aromatic N) is 1.